The van der Waals surface area contributed by atoms with E-state index in [2.05, 4.69) is 15.3 Å². The van der Waals surface area contributed by atoms with E-state index >= 15 is 0 Å². The van der Waals surface area contributed by atoms with Gasteiger partial charge in [0.05, 0.1) is 5.41 Å². The molecule has 8 heteroatoms. The van der Waals surface area contributed by atoms with Crippen LogP contribution < -0.4 is 11.1 Å². The molecule has 1 amide bonds. The highest BCUT2D eigenvalue weighted by Gasteiger charge is 2.45. The fourth-order valence-electron chi connectivity index (χ4n) is 3.91. The van der Waals surface area contributed by atoms with Crippen molar-refractivity contribution >= 4 is 23.5 Å². The molecule has 2 aromatic carbocycles. The first-order chi connectivity index (χ1) is 14.8. The van der Waals surface area contributed by atoms with Crippen molar-refractivity contribution in [1.82, 2.24) is 9.97 Å². The molecule has 8 nitrogen and oxygen atoms in total. The van der Waals surface area contributed by atoms with Crippen LogP contribution in [0.25, 0.3) is 11.1 Å². The Kier molecular flexibility index (Phi) is 5.06. The van der Waals surface area contributed by atoms with Gasteiger partial charge >= 0.3 is 5.97 Å². The number of nitrogens with two attached hydrogens (primary N) is 1. The Morgan fingerprint density at radius 3 is 2.26 bits per heavy atom. The van der Waals surface area contributed by atoms with Gasteiger partial charge in [0.15, 0.2) is 0 Å². The number of nitrogen functional groups attached to an aromatic ring is 1. The Morgan fingerprint density at radius 2 is 1.71 bits per heavy atom. The number of carbonyl (C=O) groups excluding carboxylic acids is 1. The molecule has 158 valence electrons. The van der Waals surface area contributed by atoms with Gasteiger partial charge in [0.25, 0.3) is 0 Å². The molecule has 0 atom stereocenters. The van der Waals surface area contributed by atoms with Gasteiger partial charge in [0, 0.05) is 23.6 Å². The molecule has 31 heavy (non-hydrogen) atoms. The van der Waals surface area contributed by atoms with Gasteiger partial charge in [-0.1, -0.05) is 30.7 Å². The molecule has 5 N–H and O–H groups in total. The van der Waals surface area contributed by atoms with E-state index in [-0.39, 0.29) is 23.2 Å². The van der Waals surface area contributed by atoms with Gasteiger partial charge in [-0.3, -0.25) is 4.79 Å². The highest BCUT2D eigenvalue weighted by molar-refractivity contribution is 6.01. The lowest BCUT2D eigenvalue weighted by molar-refractivity contribution is -0.124. The lowest BCUT2D eigenvalue weighted by Gasteiger charge is -2.40. The Bertz CT molecular complexity index is 1150. The minimum atomic E-state index is -1.25. The van der Waals surface area contributed by atoms with E-state index in [9.17, 15) is 19.8 Å². The Hall–Kier alpha value is -3.94. The maximum atomic E-state index is 13.2. The van der Waals surface area contributed by atoms with Crippen molar-refractivity contribution in [2.75, 3.05) is 11.1 Å². The number of benzene rings is 2. The summed E-state index contributed by atoms with van der Waals surface area (Å²) >= 11 is 0. The predicted molar refractivity (Wildman–Crippen MR) is 116 cm³/mol. The summed E-state index contributed by atoms with van der Waals surface area (Å²) in [4.78, 5) is 32.6. The number of aromatic hydroxyl groups is 1. The minimum absolute atomic E-state index is 0.191. The van der Waals surface area contributed by atoms with Crippen LogP contribution in [0.1, 0.15) is 40.7 Å². The summed E-state index contributed by atoms with van der Waals surface area (Å²) in [6, 6.07) is 10.5. The van der Waals surface area contributed by atoms with Crippen LogP contribution >= 0.6 is 0 Å². The van der Waals surface area contributed by atoms with E-state index in [1.807, 2.05) is 24.3 Å². The maximum Gasteiger partial charge on any atom is 0.339 e. The standard InChI is InChI=1S/C23H22N4O4/c1-13-9-17(10-18(19(13)28)20(29)30)27-21(31)23(7-2-8-23)16-5-3-14(4-6-16)15-11-25-22(24)26-12-15/h3-6,9-12,28H,2,7-8H2,1H3,(H,27,31)(H,29,30)(H2,24,25,26). The van der Waals surface area contributed by atoms with Crippen LogP contribution in [0.2, 0.25) is 0 Å². The van der Waals surface area contributed by atoms with E-state index in [4.69, 9.17) is 5.73 Å². The SMILES string of the molecule is Cc1cc(NC(=O)C2(c3ccc(-c4cnc(N)nc4)cc3)CCC2)cc(C(=O)O)c1O. The Balaban J connectivity index is 1.60. The van der Waals surface area contributed by atoms with E-state index in [1.54, 1.807) is 25.4 Å². The minimum Gasteiger partial charge on any atom is -0.507 e. The number of hydrogen-bond donors (Lipinski definition) is 4. The zero-order chi connectivity index (χ0) is 22.2. The Morgan fingerprint density at radius 1 is 1.06 bits per heavy atom. The zero-order valence-electron chi connectivity index (χ0n) is 16.9. The highest BCUT2D eigenvalue weighted by atomic mass is 16.4. The Labute approximate surface area is 178 Å². The van der Waals surface area contributed by atoms with Crippen LogP contribution in [0.5, 0.6) is 5.75 Å². The van der Waals surface area contributed by atoms with Gasteiger partial charge in [-0.15, -0.1) is 0 Å². The summed E-state index contributed by atoms with van der Waals surface area (Å²) in [6.45, 7) is 1.59. The quantitative estimate of drug-likeness (QED) is 0.465. The van der Waals surface area contributed by atoms with Gasteiger partial charge in [-0.2, -0.15) is 0 Å². The molecule has 1 saturated carbocycles. The zero-order valence-corrected chi connectivity index (χ0v) is 16.9. The molecule has 0 unspecified atom stereocenters. The van der Waals surface area contributed by atoms with Gasteiger partial charge in [0.2, 0.25) is 11.9 Å². The molecule has 0 aliphatic heterocycles. The van der Waals surface area contributed by atoms with Crippen LogP contribution in [-0.4, -0.2) is 32.1 Å². The topological polar surface area (TPSA) is 138 Å². The first kappa shape index (κ1) is 20.3. The predicted octanol–water partition coefficient (Wildman–Crippen LogP) is 3.50. The molecule has 0 bridgehead atoms. The number of nitrogens with zero attached hydrogens (tertiary/aromatic N) is 2. The normalized spacial score (nSPS) is 14.5. The smallest absolute Gasteiger partial charge is 0.339 e. The number of aromatic carboxylic acids is 1. The molecule has 4 rings (SSSR count). The van der Waals surface area contributed by atoms with Gasteiger partial charge < -0.3 is 21.3 Å². The highest BCUT2D eigenvalue weighted by Crippen LogP contribution is 2.45. The van der Waals surface area contributed by atoms with Crippen molar-refractivity contribution in [1.29, 1.82) is 0 Å². The molecule has 1 aliphatic carbocycles. The molecular weight excluding hydrogens is 396 g/mol. The third-order valence-corrected chi connectivity index (χ3v) is 5.87. The van der Waals surface area contributed by atoms with Crippen molar-refractivity contribution in [3.8, 4) is 16.9 Å². The maximum absolute atomic E-state index is 13.2. The number of carboxylic acids is 1. The van der Waals surface area contributed by atoms with Crippen LogP contribution in [0.4, 0.5) is 11.6 Å². The van der Waals surface area contributed by atoms with E-state index in [0.29, 0.717) is 24.1 Å². The molecule has 1 heterocycles. The largest absolute Gasteiger partial charge is 0.507 e. The fourth-order valence-corrected chi connectivity index (χ4v) is 3.91. The average molecular weight is 418 g/mol. The summed E-state index contributed by atoms with van der Waals surface area (Å²) in [7, 11) is 0. The first-order valence-corrected chi connectivity index (χ1v) is 9.87. The number of rotatable bonds is 5. The number of aromatic nitrogens is 2. The summed E-state index contributed by atoms with van der Waals surface area (Å²) < 4.78 is 0. The summed E-state index contributed by atoms with van der Waals surface area (Å²) in [5.41, 5.74) is 7.99. The lowest BCUT2D eigenvalue weighted by Crippen LogP contribution is -2.46. The van der Waals surface area contributed by atoms with Crippen molar-refractivity contribution in [2.24, 2.45) is 0 Å². The number of nitrogens with one attached hydrogen (secondary N) is 1. The van der Waals surface area contributed by atoms with Crippen LogP contribution in [0.15, 0.2) is 48.8 Å². The molecule has 1 fully saturated rings. The number of aryl methyl sites for hydroxylation is 1. The number of phenols is 1. The second kappa shape index (κ2) is 7.71. The molecule has 0 spiro atoms. The molecule has 0 saturated heterocycles. The van der Waals surface area contributed by atoms with Gasteiger partial charge in [-0.25, -0.2) is 14.8 Å². The second-order valence-corrected chi connectivity index (χ2v) is 7.79. The second-order valence-electron chi connectivity index (χ2n) is 7.79. The van der Waals surface area contributed by atoms with Crippen LogP contribution in [0, 0.1) is 6.92 Å². The molecule has 1 aliphatic rings. The number of carbonyl (C=O) groups is 2. The summed E-state index contributed by atoms with van der Waals surface area (Å²) in [6.07, 6.45) is 5.63. The van der Waals surface area contributed by atoms with E-state index in [0.717, 1.165) is 23.1 Å². The number of amides is 1. The third kappa shape index (κ3) is 3.68. The third-order valence-electron chi connectivity index (χ3n) is 5.87. The summed E-state index contributed by atoms with van der Waals surface area (Å²) in [5, 5.41) is 22.1. The molecule has 1 aromatic heterocycles. The average Bonchev–Trinajstić information content (AvgIpc) is 2.70. The number of anilines is 2. The van der Waals surface area contributed by atoms with Gasteiger partial charge in [-0.05, 0) is 48.6 Å². The van der Waals surface area contributed by atoms with Crippen LogP contribution in [0.3, 0.4) is 0 Å². The van der Waals surface area contributed by atoms with Crippen LogP contribution in [-0.2, 0) is 10.2 Å². The molecular formula is C23H22N4O4. The van der Waals surface area contributed by atoms with E-state index in [1.165, 1.54) is 6.07 Å². The van der Waals surface area contributed by atoms with Crippen molar-refractivity contribution < 1.29 is 19.8 Å². The van der Waals surface area contributed by atoms with Crippen molar-refractivity contribution in [2.45, 2.75) is 31.6 Å². The fraction of sp³-hybridized carbons (Fsp3) is 0.217. The monoisotopic (exact) mass is 418 g/mol. The van der Waals surface area contributed by atoms with Gasteiger partial charge in [0.1, 0.15) is 11.3 Å². The van der Waals surface area contributed by atoms with E-state index < -0.39 is 11.4 Å². The summed E-state index contributed by atoms with van der Waals surface area (Å²) in [5.74, 6) is -1.53. The molecule has 3 aromatic rings. The lowest BCUT2D eigenvalue weighted by atomic mass is 9.63. The first-order valence-electron chi connectivity index (χ1n) is 9.87. The number of hydrogen-bond acceptors (Lipinski definition) is 6. The molecule has 0 radical (unpaired) electrons. The van der Waals surface area contributed by atoms with Crippen molar-refractivity contribution in [3.05, 3.63) is 65.5 Å². The van der Waals surface area contributed by atoms with Crippen molar-refractivity contribution in [3.63, 3.8) is 0 Å². The number of carboxylic acid groups (broad SMARTS) is 1.